The van der Waals surface area contributed by atoms with Crippen molar-refractivity contribution in [2.45, 2.75) is 13.3 Å². The summed E-state index contributed by atoms with van der Waals surface area (Å²) in [5, 5.41) is 0. The maximum absolute atomic E-state index is 13.0. The molecule has 1 saturated heterocycles. The highest BCUT2D eigenvalue weighted by Gasteiger charge is 2.23. The molecule has 2 aliphatic rings. The highest BCUT2D eigenvalue weighted by molar-refractivity contribution is 6.05. The average Bonchev–Trinajstić information content (AvgIpc) is 3.20. The molecule has 3 heterocycles. The number of hydrogen-bond acceptors (Lipinski definition) is 5. The number of likely N-dealkylation sites (N-methyl/N-ethyl adjacent to an activating group) is 1. The maximum Gasteiger partial charge on any atom is 0.293 e. The molecule has 0 spiro atoms. The second-order valence-electron chi connectivity index (χ2n) is 7.82. The Morgan fingerprint density at radius 2 is 1.90 bits per heavy atom. The summed E-state index contributed by atoms with van der Waals surface area (Å²) in [6, 6.07) is 9.97. The number of benzene rings is 1. The minimum absolute atomic E-state index is 0.139. The summed E-state index contributed by atoms with van der Waals surface area (Å²) in [5.74, 6) is 0.957. The fraction of sp³-hybridized carbons (Fsp3) is 0.435. The molecule has 1 fully saturated rings. The van der Waals surface area contributed by atoms with Gasteiger partial charge in [0.05, 0.1) is 18.9 Å². The van der Waals surface area contributed by atoms with Gasteiger partial charge in [-0.3, -0.25) is 4.79 Å². The first-order valence-corrected chi connectivity index (χ1v) is 10.2. The van der Waals surface area contributed by atoms with Gasteiger partial charge < -0.3 is 23.9 Å². The predicted molar refractivity (Wildman–Crippen MR) is 116 cm³/mol. The van der Waals surface area contributed by atoms with E-state index in [0.29, 0.717) is 19.0 Å². The van der Waals surface area contributed by atoms with Crippen LogP contribution in [0.1, 0.15) is 28.3 Å². The van der Waals surface area contributed by atoms with E-state index in [4.69, 9.17) is 9.15 Å². The number of carbonyl (C=O) groups is 1. The van der Waals surface area contributed by atoms with E-state index < -0.39 is 0 Å². The van der Waals surface area contributed by atoms with Crippen LogP contribution >= 0.6 is 0 Å². The van der Waals surface area contributed by atoms with Crippen LogP contribution in [0.4, 0.5) is 11.4 Å². The summed E-state index contributed by atoms with van der Waals surface area (Å²) in [6.45, 7) is 7.31. The molecule has 154 valence electrons. The topological polar surface area (TPSA) is 49.2 Å². The number of rotatable bonds is 4. The smallest absolute Gasteiger partial charge is 0.293 e. The lowest BCUT2D eigenvalue weighted by Gasteiger charge is -2.35. The molecule has 0 unspecified atom stereocenters. The molecule has 6 heteroatoms. The summed E-state index contributed by atoms with van der Waals surface area (Å²) in [4.78, 5) is 19.5. The fourth-order valence-corrected chi connectivity index (χ4v) is 3.93. The second kappa shape index (κ2) is 8.43. The van der Waals surface area contributed by atoms with E-state index >= 15 is 0 Å². The second-order valence-corrected chi connectivity index (χ2v) is 7.82. The van der Waals surface area contributed by atoms with Gasteiger partial charge in [-0.2, -0.15) is 0 Å². The van der Waals surface area contributed by atoms with Crippen molar-refractivity contribution >= 4 is 22.9 Å². The number of ether oxygens (including phenoxy) is 1. The quantitative estimate of drug-likeness (QED) is 0.794. The van der Waals surface area contributed by atoms with E-state index in [9.17, 15) is 4.79 Å². The van der Waals surface area contributed by atoms with Crippen molar-refractivity contribution in [3.8, 4) is 0 Å². The van der Waals surface area contributed by atoms with Gasteiger partial charge in [0, 0.05) is 44.5 Å². The number of carbonyl (C=O) groups excluding carboxylic acids is 1. The maximum atomic E-state index is 13.0. The van der Waals surface area contributed by atoms with Crippen LogP contribution in [0.2, 0.25) is 0 Å². The molecule has 0 aliphatic carbocycles. The lowest BCUT2D eigenvalue weighted by molar-refractivity contribution is 0.0965. The number of furan rings is 1. The first kappa shape index (κ1) is 19.7. The van der Waals surface area contributed by atoms with Crippen molar-refractivity contribution in [3.05, 3.63) is 53.5 Å². The number of aryl methyl sites for hydroxylation is 1. The van der Waals surface area contributed by atoms with Gasteiger partial charge in [0.25, 0.3) is 5.91 Å². The first-order chi connectivity index (χ1) is 14.0. The minimum Gasteiger partial charge on any atom is -0.456 e. The molecule has 0 N–H and O–H groups in total. The van der Waals surface area contributed by atoms with Crippen LogP contribution in [0, 0.1) is 6.92 Å². The Morgan fingerprint density at radius 3 is 2.55 bits per heavy atom. The normalized spacial score (nSPS) is 17.9. The molecule has 1 amide bonds. The first-order valence-electron chi connectivity index (χ1n) is 10.2. The highest BCUT2D eigenvalue weighted by Crippen LogP contribution is 2.34. The largest absolute Gasteiger partial charge is 0.456 e. The van der Waals surface area contributed by atoms with E-state index in [1.807, 2.05) is 20.0 Å². The Bertz CT molecular complexity index is 910. The van der Waals surface area contributed by atoms with Crippen molar-refractivity contribution in [1.82, 2.24) is 4.90 Å². The molecular weight excluding hydrogens is 366 g/mol. The monoisotopic (exact) mass is 395 g/mol. The van der Waals surface area contributed by atoms with Gasteiger partial charge in [0.2, 0.25) is 0 Å². The highest BCUT2D eigenvalue weighted by atomic mass is 16.5. The number of amides is 1. The van der Waals surface area contributed by atoms with Crippen molar-refractivity contribution in [2.24, 2.45) is 0 Å². The Kier molecular flexibility index (Phi) is 5.74. The van der Waals surface area contributed by atoms with Crippen LogP contribution in [0.5, 0.6) is 0 Å². The van der Waals surface area contributed by atoms with Crippen molar-refractivity contribution in [2.75, 3.05) is 63.3 Å². The number of piperazine rings is 1. The third-order valence-electron chi connectivity index (χ3n) is 5.77. The van der Waals surface area contributed by atoms with Gasteiger partial charge in [0.1, 0.15) is 5.76 Å². The van der Waals surface area contributed by atoms with Crippen LogP contribution in [-0.2, 0) is 4.74 Å². The molecule has 4 rings (SSSR count). The fourth-order valence-electron chi connectivity index (χ4n) is 3.93. The summed E-state index contributed by atoms with van der Waals surface area (Å²) in [7, 11) is 3.98. The van der Waals surface area contributed by atoms with Crippen LogP contribution in [0.15, 0.2) is 40.8 Å². The summed E-state index contributed by atoms with van der Waals surface area (Å²) >= 11 is 0. The van der Waals surface area contributed by atoms with Crippen molar-refractivity contribution < 1.29 is 13.9 Å². The SMILES string of the molecule is Cc1ccc(C(=O)N(C)c2ccc(N3CCN(C)CC3)cc2C2=CCOCC2)o1. The zero-order valence-electron chi connectivity index (χ0n) is 17.5. The molecule has 6 nitrogen and oxygen atoms in total. The van der Waals surface area contributed by atoms with Gasteiger partial charge in [-0.15, -0.1) is 0 Å². The number of hydrogen-bond donors (Lipinski definition) is 0. The minimum atomic E-state index is -0.139. The van der Waals surface area contributed by atoms with E-state index in [1.54, 1.807) is 11.0 Å². The lowest BCUT2D eigenvalue weighted by Crippen LogP contribution is -2.44. The molecule has 29 heavy (non-hydrogen) atoms. The van der Waals surface area contributed by atoms with Crippen molar-refractivity contribution in [1.29, 1.82) is 0 Å². The van der Waals surface area contributed by atoms with Crippen LogP contribution in [-0.4, -0.2) is 64.3 Å². The zero-order valence-corrected chi connectivity index (χ0v) is 17.5. The van der Waals surface area contributed by atoms with Gasteiger partial charge in [-0.25, -0.2) is 0 Å². The van der Waals surface area contributed by atoms with E-state index in [2.05, 4.69) is 41.1 Å². The molecule has 2 aromatic rings. The molecule has 0 saturated carbocycles. The molecule has 1 aromatic heterocycles. The average molecular weight is 396 g/mol. The zero-order chi connectivity index (χ0) is 20.4. The molecule has 2 aliphatic heterocycles. The standard InChI is InChI=1S/C23H29N3O3/c1-17-4-7-22(29-17)23(27)25(3)21-6-5-19(26-12-10-24(2)11-13-26)16-20(21)18-8-14-28-15-9-18/h4-8,16H,9-15H2,1-3H3. The molecule has 0 bridgehead atoms. The Balaban J connectivity index is 1.68. The van der Waals surface area contributed by atoms with Crippen LogP contribution < -0.4 is 9.80 Å². The lowest BCUT2D eigenvalue weighted by atomic mass is 9.97. The van der Waals surface area contributed by atoms with Gasteiger partial charge >= 0.3 is 0 Å². The third-order valence-corrected chi connectivity index (χ3v) is 5.77. The Hall–Kier alpha value is -2.57. The third kappa shape index (κ3) is 4.23. The van der Waals surface area contributed by atoms with Crippen molar-refractivity contribution in [3.63, 3.8) is 0 Å². The Morgan fingerprint density at radius 1 is 1.10 bits per heavy atom. The number of nitrogens with zero attached hydrogens (tertiary/aromatic N) is 3. The predicted octanol–water partition coefficient (Wildman–Crippen LogP) is 3.42. The molecule has 1 aromatic carbocycles. The summed E-state index contributed by atoms with van der Waals surface area (Å²) in [6.07, 6.45) is 2.98. The van der Waals surface area contributed by atoms with Gasteiger partial charge in [0.15, 0.2) is 5.76 Å². The van der Waals surface area contributed by atoms with Gasteiger partial charge in [-0.05, 0) is 56.3 Å². The van der Waals surface area contributed by atoms with E-state index in [-0.39, 0.29) is 5.91 Å². The summed E-state index contributed by atoms with van der Waals surface area (Å²) in [5.41, 5.74) is 4.44. The molecule has 0 atom stereocenters. The van der Waals surface area contributed by atoms with Crippen LogP contribution in [0.3, 0.4) is 0 Å². The van der Waals surface area contributed by atoms with E-state index in [0.717, 1.165) is 49.6 Å². The van der Waals surface area contributed by atoms with Crippen LogP contribution in [0.25, 0.3) is 5.57 Å². The Labute approximate surface area is 172 Å². The van der Waals surface area contributed by atoms with Gasteiger partial charge in [-0.1, -0.05) is 6.08 Å². The van der Waals surface area contributed by atoms with E-state index in [1.165, 1.54) is 11.3 Å². The molecule has 0 radical (unpaired) electrons. The molecular formula is C23H29N3O3. The number of anilines is 2. The summed E-state index contributed by atoms with van der Waals surface area (Å²) < 4.78 is 11.1.